The van der Waals surface area contributed by atoms with Crippen LogP contribution < -0.4 is 5.73 Å². The Bertz CT molecular complexity index is 360. The molecule has 1 nitrogen and oxygen atoms in total. The van der Waals surface area contributed by atoms with E-state index in [1.807, 2.05) is 11.8 Å². The zero-order chi connectivity index (χ0) is 13.0. The van der Waals surface area contributed by atoms with E-state index >= 15 is 0 Å². The summed E-state index contributed by atoms with van der Waals surface area (Å²) in [6, 6.07) is 6.69. The lowest BCUT2D eigenvalue weighted by molar-refractivity contribution is 0.640. The van der Waals surface area contributed by atoms with Crippen molar-refractivity contribution in [3.8, 4) is 0 Å². The number of benzene rings is 1. The molecule has 2 unspecified atom stereocenters. The van der Waals surface area contributed by atoms with E-state index in [1.54, 1.807) is 0 Å². The summed E-state index contributed by atoms with van der Waals surface area (Å²) in [5.41, 5.74) is 10.2. The third-order valence-corrected chi connectivity index (χ3v) is 4.93. The fourth-order valence-electron chi connectivity index (χ4n) is 1.70. The quantitative estimate of drug-likeness (QED) is 0.853. The Hall–Kier alpha value is -0.470. The molecule has 0 radical (unpaired) electrons. The van der Waals surface area contributed by atoms with Gasteiger partial charge in [0, 0.05) is 17.0 Å². The molecule has 1 rings (SSSR count). The lowest BCUT2D eigenvalue weighted by Gasteiger charge is -2.20. The smallest absolute Gasteiger partial charge is 0.0389 e. The Morgan fingerprint density at radius 1 is 1.18 bits per heavy atom. The molecule has 0 aliphatic rings. The number of nitrogens with two attached hydrogens (primary N) is 1. The normalized spacial score (nSPS) is 15.0. The van der Waals surface area contributed by atoms with E-state index in [0.29, 0.717) is 11.2 Å². The summed E-state index contributed by atoms with van der Waals surface area (Å²) in [5, 5.41) is 0.672. The van der Waals surface area contributed by atoms with Crippen molar-refractivity contribution >= 4 is 11.8 Å². The van der Waals surface area contributed by atoms with E-state index in [9.17, 15) is 0 Å². The maximum atomic E-state index is 6.29. The third-order valence-electron chi connectivity index (χ3n) is 3.31. The van der Waals surface area contributed by atoms with Crippen molar-refractivity contribution in [1.82, 2.24) is 0 Å². The SMILES string of the molecule is Cc1ccc(C)c(C(N)CSC(C)C(C)C)c1. The Labute approximate surface area is 110 Å². The van der Waals surface area contributed by atoms with Crippen molar-refractivity contribution in [2.24, 2.45) is 11.7 Å². The second kappa shape index (κ2) is 6.46. The van der Waals surface area contributed by atoms with Crippen LogP contribution in [-0.2, 0) is 0 Å². The number of hydrogen-bond donors (Lipinski definition) is 1. The summed E-state index contributed by atoms with van der Waals surface area (Å²) in [6.45, 7) is 11.1. The van der Waals surface area contributed by atoms with Crippen LogP contribution in [0.4, 0.5) is 0 Å². The minimum atomic E-state index is 0.154. The highest BCUT2D eigenvalue weighted by atomic mass is 32.2. The van der Waals surface area contributed by atoms with E-state index in [0.717, 1.165) is 5.75 Å². The fraction of sp³-hybridized carbons (Fsp3) is 0.600. The molecular weight excluding hydrogens is 226 g/mol. The summed E-state index contributed by atoms with van der Waals surface area (Å²) in [6.07, 6.45) is 0. The molecule has 0 aliphatic carbocycles. The largest absolute Gasteiger partial charge is 0.323 e. The van der Waals surface area contributed by atoms with E-state index in [2.05, 4.69) is 52.8 Å². The molecule has 17 heavy (non-hydrogen) atoms. The Morgan fingerprint density at radius 3 is 2.41 bits per heavy atom. The number of hydrogen-bond acceptors (Lipinski definition) is 2. The molecule has 0 heterocycles. The van der Waals surface area contributed by atoms with Crippen LogP contribution in [-0.4, -0.2) is 11.0 Å². The molecule has 0 aromatic heterocycles. The first-order valence-electron chi connectivity index (χ1n) is 6.36. The lowest BCUT2D eigenvalue weighted by Crippen LogP contribution is -2.17. The Balaban J connectivity index is 2.63. The van der Waals surface area contributed by atoms with Crippen LogP contribution in [0.5, 0.6) is 0 Å². The molecule has 0 fully saturated rings. The van der Waals surface area contributed by atoms with Gasteiger partial charge in [-0.3, -0.25) is 0 Å². The van der Waals surface area contributed by atoms with Crippen LogP contribution in [0.15, 0.2) is 18.2 Å². The topological polar surface area (TPSA) is 26.0 Å². The van der Waals surface area contributed by atoms with Gasteiger partial charge in [-0.25, -0.2) is 0 Å². The van der Waals surface area contributed by atoms with Crippen molar-refractivity contribution in [1.29, 1.82) is 0 Å². The minimum Gasteiger partial charge on any atom is -0.323 e. The van der Waals surface area contributed by atoms with Crippen molar-refractivity contribution in [2.45, 2.75) is 45.9 Å². The van der Waals surface area contributed by atoms with Gasteiger partial charge >= 0.3 is 0 Å². The van der Waals surface area contributed by atoms with Crippen molar-refractivity contribution in [3.63, 3.8) is 0 Å². The van der Waals surface area contributed by atoms with Crippen LogP contribution in [0.2, 0.25) is 0 Å². The molecule has 0 aliphatic heterocycles. The Kier molecular flexibility index (Phi) is 5.54. The molecule has 0 saturated carbocycles. The summed E-state index contributed by atoms with van der Waals surface area (Å²) in [5.74, 6) is 1.72. The molecule has 2 atom stereocenters. The average molecular weight is 251 g/mol. The highest BCUT2D eigenvalue weighted by Gasteiger charge is 2.13. The standard InChI is InChI=1S/C15H25NS/c1-10(2)13(5)17-9-15(16)14-8-11(3)6-7-12(14)4/h6-8,10,13,15H,9,16H2,1-5H3. The first-order valence-corrected chi connectivity index (χ1v) is 7.41. The van der Waals surface area contributed by atoms with E-state index in [1.165, 1.54) is 16.7 Å². The predicted molar refractivity (Wildman–Crippen MR) is 79.6 cm³/mol. The fourth-order valence-corrected chi connectivity index (χ4v) is 2.77. The zero-order valence-electron chi connectivity index (χ0n) is 11.7. The van der Waals surface area contributed by atoms with Gasteiger partial charge < -0.3 is 5.73 Å². The van der Waals surface area contributed by atoms with E-state index < -0.39 is 0 Å². The van der Waals surface area contributed by atoms with Crippen LogP contribution in [0.25, 0.3) is 0 Å². The van der Waals surface area contributed by atoms with Crippen LogP contribution >= 0.6 is 11.8 Å². The van der Waals surface area contributed by atoms with Gasteiger partial charge in [0.05, 0.1) is 0 Å². The zero-order valence-corrected chi connectivity index (χ0v) is 12.5. The lowest BCUT2D eigenvalue weighted by atomic mass is 10.0. The summed E-state index contributed by atoms with van der Waals surface area (Å²) in [4.78, 5) is 0. The average Bonchev–Trinajstić information content (AvgIpc) is 2.28. The first kappa shape index (κ1) is 14.6. The number of aryl methyl sites for hydroxylation is 2. The molecule has 0 amide bonds. The molecule has 2 N–H and O–H groups in total. The van der Waals surface area contributed by atoms with Gasteiger partial charge in [0.15, 0.2) is 0 Å². The van der Waals surface area contributed by atoms with Crippen LogP contribution in [0, 0.1) is 19.8 Å². The van der Waals surface area contributed by atoms with Crippen LogP contribution in [0.1, 0.15) is 43.5 Å². The molecule has 0 bridgehead atoms. The van der Waals surface area contributed by atoms with Gasteiger partial charge in [0.2, 0.25) is 0 Å². The third kappa shape index (κ3) is 4.36. The molecule has 0 saturated heterocycles. The summed E-state index contributed by atoms with van der Waals surface area (Å²) in [7, 11) is 0. The molecule has 2 heteroatoms. The van der Waals surface area contributed by atoms with Gasteiger partial charge in [0.25, 0.3) is 0 Å². The molecule has 1 aromatic rings. The maximum absolute atomic E-state index is 6.29. The first-order chi connectivity index (χ1) is 7.91. The van der Waals surface area contributed by atoms with Gasteiger partial charge in [-0.2, -0.15) is 11.8 Å². The predicted octanol–water partition coefficient (Wildman–Crippen LogP) is 4.08. The number of thioether (sulfide) groups is 1. The van der Waals surface area contributed by atoms with Gasteiger partial charge in [-0.1, -0.05) is 44.5 Å². The second-order valence-electron chi connectivity index (χ2n) is 5.25. The van der Waals surface area contributed by atoms with Gasteiger partial charge in [0.1, 0.15) is 0 Å². The summed E-state index contributed by atoms with van der Waals surface area (Å²) >= 11 is 1.98. The number of rotatable bonds is 5. The molecule has 1 aromatic carbocycles. The summed E-state index contributed by atoms with van der Waals surface area (Å²) < 4.78 is 0. The highest BCUT2D eigenvalue weighted by Crippen LogP contribution is 2.25. The van der Waals surface area contributed by atoms with Crippen molar-refractivity contribution < 1.29 is 0 Å². The molecule has 0 spiro atoms. The Morgan fingerprint density at radius 2 is 1.82 bits per heavy atom. The minimum absolute atomic E-state index is 0.154. The van der Waals surface area contributed by atoms with Crippen molar-refractivity contribution in [2.75, 3.05) is 5.75 Å². The second-order valence-corrected chi connectivity index (χ2v) is 6.66. The van der Waals surface area contributed by atoms with Crippen LogP contribution in [0.3, 0.4) is 0 Å². The monoisotopic (exact) mass is 251 g/mol. The van der Waals surface area contributed by atoms with Gasteiger partial charge in [-0.05, 0) is 30.9 Å². The van der Waals surface area contributed by atoms with Crippen molar-refractivity contribution in [3.05, 3.63) is 34.9 Å². The maximum Gasteiger partial charge on any atom is 0.0389 e. The molecular formula is C15H25NS. The van der Waals surface area contributed by atoms with Gasteiger partial charge in [-0.15, -0.1) is 0 Å². The highest BCUT2D eigenvalue weighted by molar-refractivity contribution is 7.99. The van der Waals surface area contributed by atoms with E-state index in [4.69, 9.17) is 5.73 Å². The molecule has 96 valence electrons. The van der Waals surface area contributed by atoms with E-state index in [-0.39, 0.29) is 6.04 Å².